The molecule has 0 aliphatic carbocycles. The first-order valence-electron chi connectivity index (χ1n) is 6.13. The van der Waals surface area contributed by atoms with Crippen LogP contribution in [0.4, 0.5) is 0 Å². The van der Waals surface area contributed by atoms with Crippen LogP contribution in [0.5, 0.6) is 0 Å². The third kappa shape index (κ3) is 2.40. The standard InChI is InChI=1S/C13H8N6O3/c14-5-8-6-17-19-10(20)4-9(18-12(8)19)7-22-13(21)11-15-2-1-3-16-11/h1-4,6,17H,7H2. The van der Waals surface area contributed by atoms with E-state index in [9.17, 15) is 9.59 Å². The van der Waals surface area contributed by atoms with Gasteiger partial charge in [-0.2, -0.15) is 5.26 Å². The second kappa shape index (κ2) is 5.45. The lowest BCUT2D eigenvalue weighted by Gasteiger charge is -2.03. The number of nitrogens with zero attached hydrogens (tertiary/aromatic N) is 5. The van der Waals surface area contributed by atoms with E-state index in [2.05, 4.69) is 20.1 Å². The van der Waals surface area contributed by atoms with Crippen molar-refractivity contribution in [2.45, 2.75) is 6.61 Å². The number of aromatic nitrogens is 5. The molecule has 9 heteroatoms. The SMILES string of the molecule is N#Cc1c[nH]n2c(=O)cc(COC(=O)c3ncccn3)nc12. The Hall–Kier alpha value is -3.54. The number of esters is 1. The smallest absolute Gasteiger partial charge is 0.376 e. The maximum Gasteiger partial charge on any atom is 0.376 e. The molecule has 0 amide bonds. The molecule has 9 nitrogen and oxygen atoms in total. The summed E-state index contributed by atoms with van der Waals surface area (Å²) >= 11 is 0. The molecule has 0 fully saturated rings. The third-order valence-corrected chi connectivity index (χ3v) is 2.77. The van der Waals surface area contributed by atoms with Gasteiger partial charge in [0.25, 0.3) is 5.56 Å². The third-order valence-electron chi connectivity index (χ3n) is 2.77. The summed E-state index contributed by atoms with van der Waals surface area (Å²) in [7, 11) is 0. The van der Waals surface area contributed by atoms with Crippen LogP contribution < -0.4 is 5.56 Å². The molecule has 0 atom stereocenters. The van der Waals surface area contributed by atoms with Crippen molar-refractivity contribution in [2.75, 3.05) is 0 Å². The van der Waals surface area contributed by atoms with Crippen molar-refractivity contribution >= 4 is 11.6 Å². The van der Waals surface area contributed by atoms with Crippen LogP contribution >= 0.6 is 0 Å². The molecule has 0 aromatic carbocycles. The van der Waals surface area contributed by atoms with E-state index in [0.717, 1.165) is 4.52 Å². The van der Waals surface area contributed by atoms with Crippen molar-refractivity contribution in [1.29, 1.82) is 5.26 Å². The Bertz CT molecular complexity index is 938. The monoisotopic (exact) mass is 296 g/mol. The Kier molecular flexibility index (Phi) is 3.33. The molecule has 3 aromatic rings. The van der Waals surface area contributed by atoms with Crippen LogP contribution in [-0.2, 0) is 11.3 Å². The number of nitrogens with one attached hydrogen (secondary N) is 1. The number of hydrogen-bond donors (Lipinski definition) is 1. The van der Waals surface area contributed by atoms with E-state index in [1.54, 1.807) is 6.07 Å². The lowest BCUT2D eigenvalue weighted by atomic mass is 10.3. The molecule has 0 spiro atoms. The van der Waals surface area contributed by atoms with Gasteiger partial charge in [0.15, 0.2) is 5.65 Å². The van der Waals surface area contributed by atoms with Gasteiger partial charge in [-0.1, -0.05) is 0 Å². The largest absolute Gasteiger partial charge is 0.453 e. The van der Waals surface area contributed by atoms with Gasteiger partial charge in [-0.3, -0.25) is 9.89 Å². The molecule has 3 aromatic heterocycles. The summed E-state index contributed by atoms with van der Waals surface area (Å²) in [6.07, 6.45) is 4.20. The summed E-state index contributed by atoms with van der Waals surface area (Å²) in [5.41, 5.74) is 0.215. The molecule has 0 aliphatic rings. The Morgan fingerprint density at radius 1 is 1.41 bits per heavy atom. The van der Waals surface area contributed by atoms with Crippen molar-refractivity contribution in [3.8, 4) is 6.07 Å². The van der Waals surface area contributed by atoms with E-state index in [1.165, 1.54) is 24.7 Å². The fraction of sp³-hybridized carbons (Fsp3) is 0.0769. The van der Waals surface area contributed by atoms with E-state index in [1.807, 2.05) is 6.07 Å². The number of ether oxygens (including phenoxy) is 1. The Morgan fingerprint density at radius 2 is 2.18 bits per heavy atom. The summed E-state index contributed by atoms with van der Waals surface area (Å²) in [5.74, 6) is -0.808. The number of H-pyrrole nitrogens is 1. The second-order valence-corrected chi connectivity index (χ2v) is 4.19. The maximum atomic E-state index is 11.9. The Morgan fingerprint density at radius 3 is 2.91 bits per heavy atom. The van der Waals surface area contributed by atoms with E-state index in [4.69, 9.17) is 10.00 Å². The summed E-state index contributed by atoms with van der Waals surface area (Å²) in [4.78, 5) is 35.2. The molecule has 0 saturated carbocycles. The number of aromatic amines is 1. The van der Waals surface area contributed by atoms with Gasteiger partial charge in [-0.05, 0) is 6.07 Å². The van der Waals surface area contributed by atoms with Crippen molar-refractivity contribution in [3.63, 3.8) is 0 Å². The van der Waals surface area contributed by atoms with Crippen LogP contribution in [-0.4, -0.2) is 30.5 Å². The highest BCUT2D eigenvalue weighted by molar-refractivity contribution is 5.84. The van der Waals surface area contributed by atoms with Crippen molar-refractivity contribution in [2.24, 2.45) is 0 Å². The first kappa shape index (κ1) is 13.4. The Labute approximate surface area is 122 Å². The number of fused-ring (bicyclic) bond motifs is 1. The summed E-state index contributed by atoms with van der Waals surface area (Å²) in [5, 5.41) is 11.6. The predicted molar refractivity (Wildman–Crippen MR) is 71.7 cm³/mol. The molecule has 0 unspecified atom stereocenters. The highest BCUT2D eigenvalue weighted by Gasteiger charge is 2.13. The van der Waals surface area contributed by atoms with E-state index < -0.39 is 11.5 Å². The minimum absolute atomic E-state index is 0.0836. The van der Waals surface area contributed by atoms with Crippen LogP contribution in [0.15, 0.2) is 35.5 Å². The van der Waals surface area contributed by atoms with Gasteiger partial charge >= 0.3 is 5.97 Å². The fourth-order valence-corrected chi connectivity index (χ4v) is 1.79. The van der Waals surface area contributed by atoms with Crippen molar-refractivity contribution in [3.05, 3.63) is 58.2 Å². The topological polar surface area (TPSA) is 126 Å². The number of hydrogen-bond acceptors (Lipinski definition) is 7. The summed E-state index contributed by atoms with van der Waals surface area (Å²) < 4.78 is 6.13. The van der Waals surface area contributed by atoms with E-state index >= 15 is 0 Å². The van der Waals surface area contributed by atoms with Gasteiger partial charge < -0.3 is 4.74 Å². The number of carbonyl (C=O) groups is 1. The van der Waals surface area contributed by atoms with Gasteiger partial charge in [0.1, 0.15) is 18.2 Å². The first-order valence-corrected chi connectivity index (χ1v) is 6.13. The fourth-order valence-electron chi connectivity index (χ4n) is 1.79. The summed E-state index contributed by atoms with van der Waals surface area (Å²) in [6.45, 7) is -0.223. The van der Waals surface area contributed by atoms with E-state index in [-0.39, 0.29) is 29.3 Å². The molecular weight excluding hydrogens is 288 g/mol. The second-order valence-electron chi connectivity index (χ2n) is 4.19. The Balaban J connectivity index is 1.84. The molecule has 0 saturated heterocycles. The van der Waals surface area contributed by atoms with Gasteiger partial charge in [-0.15, -0.1) is 0 Å². The molecule has 0 bridgehead atoms. The predicted octanol–water partition coefficient (Wildman–Crippen LogP) is 0.0413. The highest BCUT2D eigenvalue weighted by Crippen LogP contribution is 2.06. The minimum atomic E-state index is -0.725. The minimum Gasteiger partial charge on any atom is -0.453 e. The normalized spacial score (nSPS) is 10.3. The average Bonchev–Trinajstić information content (AvgIpc) is 2.97. The quantitative estimate of drug-likeness (QED) is 0.676. The molecule has 108 valence electrons. The number of nitriles is 1. The lowest BCUT2D eigenvalue weighted by molar-refractivity contribution is 0.0453. The summed E-state index contributed by atoms with van der Waals surface area (Å²) in [6, 6.07) is 4.70. The number of rotatable bonds is 3. The highest BCUT2D eigenvalue weighted by atomic mass is 16.5. The molecule has 22 heavy (non-hydrogen) atoms. The lowest BCUT2D eigenvalue weighted by Crippen LogP contribution is -2.17. The molecule has 3 heterocycles. The van der Waals surface area contributed by atoms with Gasteiger partial charge in [0, 0.05) is 24.7 Å². The molecular formula is C13H8N6O3. The zero-order valence-corrected chi connectivity index (χ0v) is 11.1. The molecule has 3 rings (SSSR count). The molecule has 0 aliphatic heterocycles. The molecule has 1 N–H and O–H groups in total. The van der Waals surface area contributed by atoms with Crippen LogP contribution in [0.1, 0.15) is 21.9 Å². The zero-order chi connectivity index (χ0) is 15.5. The van der Waals surface area contributed by atoms with Crippen LogP contribution in [0.2, 0.25) is 0 Å². The first-order chi connectivity index (χ1) is 10.7. The van der Waals surface area contributed by atoms with Crippen LogP contribution in [0, 0.1) is 11.3 Å². The van der Waals surface area contributed by atoms with Crippen molar-refractivity contribution in [1.82, 2.24) is 24.6 Å². The van der Waals surface area contributed by atoms with E-state index in [0.29, 0.717) is 0 Å². The van der Waals surface area contributed by atoms with Crippen molar-refractivity contribution < 1.29 is 9.53 Å². The van der Waals surface area contributed by atoms with Gasteiger partial charge in [0.05, 0.1) is 5.69 Å². The maximum absolute atomic E-state index is 11.9. The zero-order valence-electron chi connectivity index (χ0n) is 11.1. The van der Waals surface area contributed by atoms with Gasteiger partial charge in [-0.25, -0.2) is 24.3 Å². The van der Waals surface area contributed by atoms with Crippen LogP contribution in [0.3, 0.4) is 0 Å². The molecule has 0 radical (unpaired) electrons. The number of carbonyl (C=O) groups excluding carboxylic acids is 1. The average molecular weight is 296 g/mol. The van der Waals surface area contributed by atoms with Crippen LogP contribution in [0.25, 0.3) is 5.65 Å². The van der Waals surface area contributed by atoms with Gasteiger partial charge in [0.2, 0.25) is 5.82 Å².